The summed E-state index contributed by atoms with van der Waals surface area (Å²) in [7, 11) is 0. The Balaban J connectivity index is 2.13. The molecule has 0 aromatic heterocycles. The first-order chi connectivity index (χ1) is 10.2. The van der Waals surface area contributed by atoms with Gasteiger partial charge in [-0.25, -0.2) is 0 Å². The Morgan fingerprint density at radius 2 is 1.10 bits per heavy atom. The first-order valence-electron chi connectivity index (χ1n) is 6.56. The summed E-state index contributed by atoms with van der Waals surface area (Å²) in [5.41, 5.74) is 2.51. The van der Waals surface area contributed by atoms with Gasteiger partial charge in [-0.15, -0.1) is 0 Å². The number of rotatable bonds is 2. The fraction of sp³-hybridized carbons (Fsp3) is 0. The van der Waals surface area contributed by atoms with Crippen LogP contribution in [0.15, 0.2) is 66.7 Å². The summed E-state index contributed by atoms with van der Waals surface area (Å²) in [5.74, 6) is -0.248. The summed E-state index contributed by atoms with van der Waals surface area (Å²) in [6, 6.07) is 19.4. The summed E-state index contributed by atoms with van der Waals surface area (Å²) in [5, 5.41) is 30.0. The SMILES string of the molecule is Oc1cccc(-c2ccc(-c3ccccc3)c(O)c2O)c1. The zero-order valence-corrected chi connectivity index (χ0v) is 11.2. The van der Waals surface area contributed by atoms with Gasteiger partial charge in [-0.05, 0) is 35.4 Å². The fourth-order valence-electron chi connectivity index (χ4n) is 2.34. The van der Waals surface area contributed by atoms with Crippen molar-refractivity contribution >= 4 is 0 Å². The zero-order valence-electron chi connectivity index (χ0n) is 11.2. The molecule has 0 fully saturated rings. The maximum absolute atomic E-state index is 10.3. The molecule has 3 aromatic rings. The molecule has 0 saturated heterocycles. The van der Waals surface area contributed by atoms with Crippen molar-refractivity contribution in [3.8, 4) is 39.5 Å². The number of phenolic OH excluding ortho intramolecular Hbond substituents is 3. The molecule has 3 N–H and O–H groups in total. The Labute approximate surface area is 122 Å². The second-order valence-electron chi connectivity index (χ2n) is 4.77. The lowest BCUT2D eigenvalue weighted by atomic mass is 9.98. The molecule has 21 heavy (non-hydrogen) atoms. The van der Waals surface area contributed by atoms with Gasteiger partial charge in [0.25, 0.3) is 0 Å². The summed E-state index contributed by atoms with van der Waals surface area (Å²) >= 11 is 0. The minimum absolute atomic E-state index is 0.110. The summed E-state index contributed by atoms with van der Waals surface area (Å²) in [6.45, 7) is 0. The van der Waals surface area contributed by atoms with Gasteiger partial charge in [-0.3, -0.25) is 0 Å². The van der Waals surface area contributed by atoms with Gasteiger partial charge in [0, 0.05) is 11.1 Å². The van der Waals surface area contributed by atoms with E-state index in [4.69, 9.17) is 0 Å². The molecule has 0 aliphatic carbocycles. The van der Waals surface area contributed by atoms with E-state index in [2.05, 4.69) is 0 Å². The van der Waals surface area contributed by atoms with E-state index in [0.29, 0.717) is 16.7 Å². The van der Waals surface area contributed by atoms with Crippen molar-refractivity contribution in [1.29, 1.82) is 0 Å². The van der Waals surface area contributed by atoms with Crippen LogP contribution in [0.3, 0.4) is 0 Å². The van der Waals surface area contributed by atoms with Gasteiger partial charge in [0.05, 0.1) is 0 Å². The van der Waals surface area contributed by atoms with Gasteiger partial charge < -0.3 is 15.3 Å². The third-order valence-electron chi connectivity index (χ3n) is 3.39. The molecule has 0 spiro atoms. The van der Waals surface area contributed by atoms with Crippen molar-refractivity contribution in [1.82, 2.24) is 0 Å². The number of aromatic hydroxyl groups is 3. The summed E-state index contributed by atoms with van der Waals surface area (Å²) < 4.78 is 0. The Hall–Kier alpha value is -2.94. The van der Waals surface area contributed by atoms with Gasteiger partial charge in [-0.1, -0.05) is 42.5 Å². The maximum Gasteiger partial charge on any atom is 0.166 e. The molecular weight excluding hydrogens is 264 g/mol. The summed E-state index contributed by atoms with van der Waals surface area (Å²) in [6.07, 6.45) is 0. The predicted octanol–water partition coefficient (Wildman–Crippen LogP) is 4.14. The molecule has 0 atom stereocenters. The lowest BCUT2D eigenvalue weighted by molar-refractivity contribution is 0.406. The monoisotopic (exact) mass is 278 g/mol. The first-order valence-corrected chi connectivity index (χ1v) is 6.56. The van der Waals surface area contributed by atoms with Gasteiger partial charge in [0.1, 0.15) is 5.75 Å². The average Bonchev–Trinajstić information content (AvgIpc) is 2.51. The van der Waals surface area contributed by atoms with Gasteiger partial charge in [0.2, 0.25) is 0 Å². The van der Waals surface area contributed by atoms with Crippen LogP contribution < -0.4 is 0 Å². The van der Waals surface area contributed by atoms with Crippen LogP contribution in [0.25, 0.3) is 22.3 Å². The molecule has 3 heteroatoms. The predicted molar refractivity (Wildman–Crippen MR) is 82.3 cm³/mol. The Kier molecular flexibility index (Phi) is 3.24. The van der Waals surface area contributed by atoms with Crippen LogP contribution >= 0.6 is 0 Å². The zero-order chi connectivity index (χ0) is 14.8. The Morgan fingerprint density at radius 1 is 0.524 bits per heavy atom. The number of phenols is 3. The van der Waals surface area contributed by atoms with Crippen molar-refractivity contribution in [3.05, 3.63) is 66.7 Å². The topological polar surface area (TPSA) is 60.7 Å². The molecule has 0 amide bonds. The standard InChI is InChI=1S/C18H14O3/c19-14-8-4-7-13(11-14)16-10-9-15(17(20)18(16)21)12-5-2-1-3-6-12/h1-11,19-21H. The van der Waals surface area contributed by atoms with E-state index in [0.717, 1.165) is 5.56 Å². The van der Waals surface area contributed by atoms with E-state index >= 15 is 0 Å². The third-order valence-corrected chi connectivity index (χ3v) is 3.39. The lowest BCUT2D eigenvalue weighted by Gasteiger charge is -2.11. The number of benzene rings is 3. The molecule has 0 aliphatic heterocycles. The highest BCUT2D eigenvalue weighted by Crippen LogP contribution is 2.43. The Morgan fingerprint density at radius 3 is 1.71 bits per heavy atom. The van der Waals surface area contributed by atoms with Crippen LogP contribution in [0.5, 0.6) is 17.2 Å². The molecule has 0 radical (unpaired) electrons. The van der Waals surface area contributed by atoms with Gasteiger partial charge >= 0.3 is 0 Å². The molecule has 3 nitrogen and oxygen atoms in total. The van der Waals surface area contributed by atoms with Gasteiger partial charge in [-0.2, -0.15) is 0 Å². The molecule has 3 rings (SSSR count). The molecule has 0 bridgehead atoms. The van der Waals surface area contributed by atoms with E-state index < -0.39 is 0 Å². The number of hydrogen-bond acceptors (Lipinski definition) is 3. The molecule has 0 heterocycles. The largest absolute Gasteiger partial charge is 0.508 e. The van der Waals surface area contributed by atoms with Crippen LogP contribution in [-0.2, 0) is 0 Å². The molecule has 3 aromatic carbocycles. The lowest BCUT2D eigenvalue weighted by Crippen LogP contribution is -1.84. The quantitative estimate of drug-likeness (QED) is 0.617. The minimum Gasteiger partial charge on any atom is -0.508 e. The molecular formula is C18H14O3. The summed E-state index contributed by atoms with van der Waals surface area (Å²) in [4.78, 5) is 0. The van der Waals surface area contributed by atoms with E-state index in [1.807, 2.05) is 30.3 Å². The average molecular weight is 278 g/mol. The van der Waals surface area contributed by atoms with Crippen molar-refractivity contribution < 1.29 is 15.3 Å². The second kappa shape index (κ2) is 5.21. The van der Waals surface area contributed by atoms with E-state index in [1.54, 1.807) is 30.3 Å². The highest BCUT2D eigenvalue weighted by molar-refractivity contribution is 5.82. The highest BCUT2D eigenvalue weighted by atomic mass is 16.3. The normalized spacial score (nSPS) is 10.5. The third kappa shape index (κ3) is 2.41. The van der Waals surface area contributed by atoms with Crippen LogP contribution in [0.4, 0.5) is 0 Å². The molecule has 0 saturated carbocycles. The number of hydrogen-bond donors (Lipinski definition) is 3. The molecule has 0 aliphatic rings. The smallest absolute Gasteiger partial charge is 0.166 e. The molecule has 104 valence electrons. The van der Waals surface area contributed by atoms with Gasteiger partial charge in [0.15, 0.2) is 11.5 Å². The van der Waals surface area contributed by atoms with Crippen LogP contribution in [0.2, 0.25) is 0 Å². The van der Waals surface area contributed by atoms with Crippen molar-refractivity contribution in [2.75, 3.05) is 0 Å². The van der Waals surface area contributed by atoms with E-state index in [1.165, 1.54) is 6.07 Å². The highest BCUT2D eigenvalue weighted by Gasteiger charge is 2.14. The van der Waals surface area contributed by atoms with E-state index in [9.17, 15) is 15.3 Å². The van der Waals surface area contributed by atoms with Crippen molar-refractivity contribution in [2.24, 2.45) is 0 Å². The van der Waals surface area contributed by atoms with Crippen molar-refractivity contribution in [2.45, 2.75) is 0 Å². The fourth-order valence-corrected chi connectivity index (χ4v) is 2.34. The van der Waals surface area contributed by atoms with Crippen LogP contribution in [0, 0.1) is 0 Å². The van der Waals surface area contributed by atoms with Crippen LogP contribution in [-0.4, -0.2) is 15.3 Å². The van der Waals surface area contributed by atoms with Crippen molar-refractivity contribution in [3.63, 3.8) is 0 Å². The van der Waals surface area contributed by atoms with E-state index in [-0.39, 0.29) is 17.2 Å². The second-order valence-corrected chi connectivity index (χ2v) is 4.77. The van der Waals surface area contributed by atoms with Crippen LogP contribution in [0.1, 0.15) is 0 Å². The minimum atomic E-state index is -0.193. The molecule has 0 unspecified atom stereocenters. The Bertz CT molecular complexity index is 780. The first kappa shape index (κ1) is 13.1. The maximum atomic E-state index is 10.3.